The third kappa shape index (κ3) is 4.94. The molecule has 0 aliphatic carbocycles. The fourth-order valence-electron chi connectivity index (χ4n) is 3.16. The molecule has 1 aliphatic rings. The van der Waals surface area contributed by atoms with Gasteiger partial charge in [-0.3, -0.25) is 14.5 Å². The van der Waals surface area contributed by atoms with Crippen molar-refractivity contribution >= 4 is 28.2 Å². The Morgan fingerprint density at radius 2 is 2.07 bits per heavy atom. The molecule has 27 heavy (non-hydrogen) atoms. The largest absolute Gasteiger partial charge is 0.337 e. The van der Waals surface area contributed by atoms with Gasteiger partial charge in [0.05, 0.1) is 12.1 Å². The Labute approximate surface area is 163 Å². The molecule has 0 unspecified atom stereocenters. The number of nitrogens with zero attached hydrogens (tertiary/aromatic N) is 3. The van der Waals surface area contributed by atoms with Gasteiger partial charge in [0.1, 0.15) is 11.1 Å². The van der Waals surface area contributed by atoms with Gasteiger partial charge in [-0.15, -0.1) is 11.3 Å². The van der Waals surface area contributed by atoms with Crippen molar-refractivity contribution in [1.29, 1.82) is 5.26 Å². The highest BCUT2D eigenvalue weighted by molar-refractivity contribution is 7.14. The molecule has 1 fully saturated rings. The average Bonchev–Trinajstić information content (AvgIpc) is 2.97. The van der Waals surface area contributed by atoms with E-state index < -0.39 is 0 Å². The molecule has 1 aliphatic heterocycles. The van der Waals surface area contributed by atoms with Gasteiger partial charge in [0, 0.05) is 31.7 Å². The molecule has 2 heterocycles. The molecule has 2 amide bonds. The SMILES string of the molecule is Cc1cccc(C(=O)N2CCCN(CC(=O)Nc3sccc3C#N)CC2)c1. The molecular formula is C20H22N4O2S. The van der Waals surface area contributed by atoms with Crippen molar-refractivity contribution in [2.75, 3.05) is 38.0 Å². The van der Waals surface area contributed by atoms with Gasteiger partial charge in [-0.05, 0) is 36.9 Å². The Kier molecular flexibility index (Phi) is 6.22. The highest BCUT2D eigenvalue weighted by Crippen LogP contribution is 2.22. The minimum Gasteiger partial charge on any atom is -0.337 e. The molecule has 1 N–H and O–H groups in total. The molecular weight excluding hydrogens is 360 g/mol. The molecule has 140 valence electrons. The number of aryl methyl sites for hydroxylation is 1. The summed E-state index contributed by atoms with van der Waals surface area (Å²) in [5, 5.41) is 14.2. The fourth-order valence-corrected chi connectivity index (χ4v) is 3.91. The summed E-state index contributed by atoms with van der Waals surface area (Å²) in [6.07, 6.45) is 0.827. The van der Waals surface area contributed by atoms with Crippen molar-refractivity contribution in [1.82, 2.24) is 9.80 Å². The van der Waals surface area contributed by atoms with Crippen LogP contribution in [0, 0.1) is 18.3 Å². The van der Waals surface area contributed by atoms with E-state index in [2.05, 4.69) is 16.3 Å². The predicted octanol–water partition coefficient (Wildman–Crippen LogP) is 2.71. The van der Waals surface area contributed by atoms with Crippen LogP contribution in [-0.2, 0) is 4.79 Å². The van der Waals surface area contributed by atoms with E-state index in [4.69, 9.17) is 5.26 Å². The van der Waals surface area contributed by atoms with Crippen molar-refractivity contribution in [2.24, 2.45) is 0 Å². The number of benzene rings is 1. The molecule has 3 rings (SSSR count). The Morgan fingerprint density at radius 3 is 2.85 bits per heavy atom. The van der Waals surface area contributed by atoms with Crippen LogP contribution in [0.5, 0.6) is 0 Å². The summed E-state index contributed by atoms with van der Waals surface area (Å²) in [6.45, 7) is 4.94. The number of anilines is 1. The third-order valence-corrected chi connectivity index (χ3v) is 5.38. The normalized spacial score (nSPS) is 15.0. The van der Waals surface area contributed by atoms with E-state index in [-0.39, 0.29) is 18.4 Å². The van der Waals surface area contributed by atoms with Crippen molar-refractivity contribution in [3.05, 3.63) is 52.4 Å². The first-order valence-electron chi connectivity index (χ1n) is 8.92. The monoisotopic (exact) mass is 382 g/mol. The summed E-state index contributed by atoms with van der Waals surface area (Å²) < 4.78 is 0. The van der Waals surface area contributed by atoms with Crippen LogP contribution in [0.2, 0.25) is 0 Å². The number of rotatable bonds is 4. The van der Waals surface area contributed by atoms with E-state index in [0.717, 1.165) is 18.5 Å². The number of nitrogens with one attached hydrogen (secondary N) is 1. The Hall–Kier alpha value is -2.69. The van der Waals surface area contributed by atoms with Gasteiger partial charge in [-0.1, -0.05) is 17.7 Å². The van der Waals surface area contributed by atoms with Gasteiger partial charge >= 0.3 is 0 Å². The lowest BCUT2D eigenvalue weighted by Gasteiger charge is -2.22. The Bertz CT molecular complexity index is 871. The van der Waals surface area contributed by atoms with E-state index in [9.17, 15) is 9.59 Å². The predicted molar refractivity (Wildman–Crippen MR) is 106 cm³/mol. The maximum Gasteiger partial charge on any atom is 0.253 e. The van der Waals surface area contributed by atoms with E-state index in [1.165, 1.54) is 11.3 Å². The second-order valence-corrected chi connectivity index (χ2v) is 7.53. The second kappa shape index (κ2) is 8.80. The Morgan fingerprint density at radius 1 is 1.22 bits per heavy atom. The molecule has 1 aromatic carbocycles. The summed E-state index contributed by atoms with van der Waals surface area (Å²) in [5.41, 5.74) is 2.27. The van der Waals surface area contributed by atoms with Crippen LogP contribution in [-0.4, -0.2) is 54.3 Å². The van der Waals surface area contributed by atoms with Crippen molar-refractivity contribution in [2.45, 2.75) is 13.3 Å². The summed E-state index contributed by atoms with van der Waals surface area (Å²) in [6, 6.07) is 11.4. The number of nitriles is 1. The maximum absolute atomic E-state index is 12.7. The smallest absolute Gasteiger partial charge is 0.253 e. The molecule has 2 aromatic rings. The molecule has 0 atom stereocenters. The van der Waals surface area contributed by atoms with Gasteiger partial charge in [-0.2, -0.15) is 5.26 Å². The zero-order valence-corrected chi connectivity index (χ0v) is 16.1. The third-order valence-electron chi connectivity index (χ3n) is 4.55. The Balaban J connectivity index is 1.54. The van der Waals surface area contributed by atoms with Crippen LogP contribution in [0.3, 0.4) is 0 Å². The van der Waals surface area contributed by atoms with Gasteiger partial charge in [0.15, 0.2) is 0 Å². The van der Waals surface area contributed by atoms with E-state index >= 15 is 0 Å². The van der Waals surface area contributed by atoms with Crippen LogP contribution < -0.4 is 5.32 Å². The lowest BCUT2D eigenvalue weighted by atomic mass is 10.1. The van der Waals surface area contributed by atoms with Crippen LogP contribution in [0.15, 0.2) is 35.7 Å². The first kappa shape index (κ1) is 19.1. The molecule has 0 saturated carbocycles. The van der Waals surface area contributed by atoms with Gasteiger partial charge < -0.3 is 10.2 Å². The van der Waals surface area contributed by atoms with E-state index in [1.807, 2.05) is 36.1 Å². The lowest BCUT2D eigenvalue weighted by Crippen LogP contribution is -2.38. The maximum atomic E-state index is 12.7. The molecule has 0 bridgehead atoms. The molecule has 6 nitrogen and oxygen atoms in total. The molecule has 7 heteroatoms. The number of carbonyl (C=O) groups is 2. The highest BCUT2D eigenvalue weighted by Gasteiger charge is 2.22. The summed E-state index contributed by atoms with van der Waals surface area (Å²) >= 11 is 1.35. The van der Waals surface area contributed by atoms with Gasteiger partial charge in [0.25, 0.3) is 5.91 Å². The van der Waals surface area contributed by atoms with Crippen molar-refractivity contribution in [3.63, 3.8) is 0 Å². The molecule has 1 saturated heterocycles. The lowest BCUT2D eigenvalue weighted by molar-refractivity contribution is -0.117. The number of thiophene rings is 1. The van der Waals surface area contributed by atoms with Crippen molar-refractivity contribution < 1.29 is 9.59 Å². The first-order valence-corrected chi connectivity index (χ1v) is 9.80. The molecule has 0 spiro atoms. The minimum atomic E-state index is -0.132. The topological polar surface area (TPSA) is 76.4 Å². The first-order chi connectivity index (χ1) is 13.1. The number of hydrogen-bond acceptors (Lipinski definition) is 5. The molecule has 0 radical (unpaired) electrons. The van der Waals surface area contributed by atoms with Crippen molar-refractivity contribution in [3.8, 4) is 6.07 Å². The van der Waals surface area contributed by atoms with Crippen LogP contribution >= 0.6 is 11.3 Å². The number of amides is 2. The standard InChI is InChI=1S/C20H22N4O2S/c1-15-4-2-5-16(12-15)20(26)24-8-3-7-23(9-10-24)14-18(25)22-19-17(13-21)6-11-27-19/h2,4-6,11-12H,3,7-10,14H2,1H3,(H,22,25). The zero-order chi connectivity index (χ0) is 19.2. The highest BCUT2D eigenvalue weighted by atomic mass is 32.1. The average molecular weight is 382 g/mol. The number of hydrogen-bond donors (Lipinski definition) is 1. The fraction of sp³-hybridized carbons (Fsp3) is 0.350. The molecule has 1 aromatic heterocycles. The van der Waals surface area contributed by atoms with Gasteiger partial charge in [0.2, 0.25) is 5.91 Å². The summed E-state index contributed by atoms with van der Waals surface area (Å²) in [7, 11) is 0. The zero-order valence-electron chi connectivity index (χ0n) is 15.3. The quantitative estimate of drug-likeness (QED) is 0.882. The summed E-state index contributed by atoms with van der Waals surface area (Å²) in [5.74, 6) is -0.0883. The van der Waals surface area contributed by atoms with E-state index in [1.54, 1.807) is 11.4 Å². The van der Waals surface area contributed by atoms with Crippen LogP contribution in [0.4, 0.5) is 5.00 Å². The van der Waals surface area contributed by atoms with Crippen LogP contribution in [0.1, 0.15) is 27.9 Å². The number of carbonyl (C=O) groups excluding carboxylic acids is 2. The van der Waals surface area contributed by atoms with E-state index in [0.29, 0.717) is 35.8 Å². The van der Waals surface area contributed by atoms with Gasteiger partial charge in [-0.25, -0.2) is 0 Å². The minimum absolute atomic E-state index is 0.0437. The van der Waals surface area contributed by atoms with Crippen LogP contribution in [0.25, 0.3) is 0 Å². The second-order valence-electron chi connectivity index (χ2n) is 6.61. The summed E-state index contributed by atoms with van der Waals surface area (Å²) in [4.78, 5) is 28.9.